The van der Waals surface area contributed by atoms with E-state index in [2.05, 4.69) is 4.98 Å². The number of hydrogen-bond acceptors (Lipinski definition) is 2. The van der Waals surface area contributed by atoms with Crippen molar-refractivity contribution in [2.75, 3.05) is 0 Å². The molecule has 68 valence electrons. The van der Waals surface area contributed by atoms with Gasteiger partial charge in [0.15, 0.2) is 0 Å². The van der Waals surface area contributed by atoms with E-state index >= 15 is 0 Å². The van der Waals surface area contributed by atoms with Gasteiger partial charge >= 0.3 is 0 Å². The van der Waals surface area contributed by atoms with Gasteiger partial charge in [0, 0.05) is 5.39 Å². The maximum Gasteiger partial charge on any atom is 0.129 e. The number of aromatic nitrogens is 1. The standard InChI is InChI=1S/C9H6ClNO.ClH/c10-9-4-1-6-5-7(12)2-3-8(6)11-9;/h1-5,12H;1H. The second-order valence-corrected chi connectivity index (χ2v) is 2.90. The van der Waals surface area contributed by atoms with E-state index < -0.39 is 0 Å². The number of fused-ring (bicyclic) bond motifs is 1. The molecule has 0 atom stereocenters. The van der Waals surface area contributed by atoms with Crippen molar-refractivity contribution in [1.29, 1.82) is 0 Å². The average Bonchev–Trinajstić information content (AvgIpc) is 2.05. The van der Waals surface area contributed by atoms with Crippen molar-refractivity contribution in [3.8, 4) is 5.75 Å². The Morgan fingerprint density at radius 1 is 1.15 bits per heavy atom. The molecule has 0 fully saturated rings. The molecular weight excluding hydrogens is 209 g/mol. The minimum atomic E-state index is 0. The van der Waals surface area contributed by atoms with E-state index in [1.54, 1.807) is 24.3 Å². The molecule has 1 heterocycles. The summed E-state index contributed by atoms with van der Waals surface area (Å²) in [6, 6.07) is 8.49. The predicted molar refractivity (Wildman–Crippen MR) is 55.7 cm³/mol. The zero-order valence-corrected chi connectivity index (χ0v) is 8.14. The number of phenols is 1. The van der Waals surface area contributed by atoms with E-state index in [9.17, 15) is 0 Å². The molecule has 1 N–H and O–H groups in total. The summed E-state index contributed by atoms with van der Waals surface area (Å²) in [6.07, 6.45) is 0. The zero-order valence-electron chi connectivity index (χ0n) is 6.57. The number of rotatable bonds is 0. The topological polar surface area (TPSA) is 33.1 Å². The molecule has 1 aromatic heterocycles. The summed E-state index contributed by atoms with van der Waals surface area (Å²) in [4.78, 5) is 4.07. The smallest absolute Gasteiger partial charge is 0.129 e. The molecule has 0 aliphatic heterocycles. The molecule has 2 nitrogen and oxygen atoms in total. The predicted octanol–water partition coefficient (Wildman–Crippen LogP) is 3.02. The normalized spacial score (nSPS) is 9.62. The van der Waals surface area contributed by atoms with E-state index in [4.69, 9.17) is 16.7 Å². The van der Waals surface area contributed by atoms with Crippen molar-refractivity contribution in [2.24, 2.45) is 0 Å². The lowest BCUT2D eigenvalue weighted by atomic mass is 10.2. The van der Waals surface area contributed by atoms with Crippen LogP contribution in [-0.2, 0) is 0 Å². The van der Waals surface area contributed by atoms with Crippen LogP contribution in [0.2, 0.25) is 5.15 Å². The quantitative estimate of drug-likeness (QED) is 0.686. The summed E-state index contributed by atoms with van der Waals surface area (Å²) in [5, 5.41) is 10.5. The van der Waals surface area contributed by atoms with Gasteiger partial charge in [-0.25, -0.2) is 4.98 Å². The molecular formula is C9H7Cl2NO. The largest absolute Gasteiger partial charge is 0.508 e. The van der Waals surface area contributed by atoms with E-state index in [0.29, 0.717) is 5.15 Å². The van der Waals surface area contributed by atoms with Gasteiger partial charge in [-0.15, -0.1) is 12.4 Å². The highest BCUT2D eigenvalue weighted by atomic mass is 35.5. The Labute approximate surface area is 86.6 Å². The molecule has 0 aliphatic rings. The summed E-state index contributed by atoms with van der Waals surface area (Å²) in [7, 11) is 0. The number of halogens is 2. The maximum absolute atomic E-state index is 9.14. The van der Waals surface area contributed by atoms with Crippen LogP contribution in [0.5, 0.6) is 5.75 Å². The summed E-state index contributed by atoms with van der Waals surface area (Å²) in [5.41, 5.74) is 0.792. The minimum absolute atomic E-state index is 0. The van der Waals surface area contributed by atoms with Gasteiger partial charge in [0.05, 0.1) is 5.52 Å². The van der Waals surface area contributed by atoms with Crippen molar-refractivity contribution < 1.29 is 5.11 Å². The Bertz CT molecular complexity index is 390. The minimum Gasteiger partial charge on any atom is -0.508 e. The average molecular weight is 216 g/mol. The SMILES string of the molecule is Cl.Oc1ccc2nc(Cl)ccc2c1. The zero-order chi connectivity index (χ0) is 8.55. The number of nitrogens with zero attached hydrogens (tertiary/aromatic N) is 1. The van der Waals surface area contributed by atoms with Crippen LogP contribution in [0.25, 0.3) is 10.9 Å². The van der Waals surface area contributed by atoms with Crippen LogP contribution in [-0.4, -0.2) is 10.1 Å². The Morgan fingerprint density at radius 3 is 2.69 bits per heavy atom. The summed E-state index contributed by atoms with van der Waals surface area (Å²) in [6.45, 7) is 0. The number of benzene rings is 1. The van der Waals surface area contributed by atoms with Crippen LogP contribution in [0, 0.1) is 0 Å². The van der Waals surface area contributed by atoms with Crippen LogP contribution in [0.15, 0.2) is 30.3 Å². The molecule has 0 amide bonds. The molecule has 0 aliphatic carbocycles. The fourth-order valence-corrected chi connectivity index (χ4v) is 1.24. The van der Waals surface area contributed by atoms with Crippen LogP contribution in [0.1, 0.15) is 0 Å². The van der Waals surface area contributed by atoms with Crippen molar-refractivity contribution >= 4 is 34.9 Å². The van der Waals surface area contributed by atoms with E-state index in [-0.39, 0.29) is 18.2 Å². The van der Waals surface area contributed by atoms with Crippen LogP contribution in [0.3, 0.4) is 0 Å². The van der Waals surface area contributed by atoms with Gasteiger partial charge in [-0.1, -0.05) is 11.6 Å². The Hall–Kier alpha value is -0.990. The molecule has 1 aromatic carbocycles. The van der Waals surface area contributed by atoms with E-state index in [1.165, 1.54) is 0 Å². The van der Waals surface area contributed by atoms with Crippen LogP contribution < -0.4 is 0 Å². The Morgan fingerprint density at radius 2 is 1.92 bits per heavy atom. The highest BCUT2D eigenvalue weighted by molar-refractivity contribution is 6.29. The number of pyridine rings is 1. The first-order chi connectivity index (χ1) is 5.75. The van der Waals surface area contributed by atoms with Gasteiger partial charge in [0.1, 0.15) is 10.9 Å². The highest BCUT2D eigenvalue weighted by Crippen LogP contribution is 2.19. The van der Waals surface area contributed by atoms with Gasteiger partial charge in [0.25, 0.3) is 0 Å². The van der Waals surface area contributed by atoms with Crippen molar-refractivity contribution in [3.05, 3.63) is 35.5 Å². The third-order valence-electron chi connectivity index (χ3n) is 1.64. The van der Waals surface area contributed by atoms with Gasteiger partial charge in [0.2, 0.25) is 0 Å². The summed E-state index contributed by atoms with van der Waals surface area (Å²) in [5.74, 6) is 0.242. The maximum atomic E-state index is 9.14. The molecule has 0 spiro atoms. The van der Waals surface area contributed by atoms with E-state index in [1.807, 2.05) is 6.07 Å². The van der Waals surface area contributed by atoms with E-state index in [0.717, 1.165) is 10.9 Å². The molecule has 2 aromatic rings. The second-order valence-electron chi connectivity index (χ2n) is 2.51. The number of hydrogen-bond donors (Lipinski definition) is 1. The third kappa shape index (κ3) is 2.02. The van der Waals surface area contributed by atoms with Gasteiger partial charge in [-0.3, -0.25) is 0 Å². The second kappa shape index (κ2) is 3.81. The third-order valence-corrected chi connectivity index (χ3v) is 1.85. The van der Waals surface area contributed by atoms with Crippen molar-refractivity contribution in [1.82, 2.24) is 4.98 Å². The summed E-state index contributed by atoms with van der Waals surface area (Å²) < 4.78 is 0. The lowest BCUT2D eigenvalue weighted by Gasteiger charge is -1.97. The lowest BCUT2D eigenvalue weighted by Crippen LogP contribution is -1.78. The number of aromatic hydroxyl groups is 1. The molecule has 0 radical (unpaired) electrons. The molecule has 0 bridgehead atoms. The monoisotopic (exact) mass is 215 g/mol. The first-order valence-electron chi connectivity index (χ1n) is 3.51. The fraction of sp³-hybridized carbons (Fsp3) is 0. The van der Waals surface area contributed by atoms with Crippen LogP contribution >= 0.6 is 24.0 Å². The fourth-order valence-electron chi connectivity index (χ4n) is 1.09. The molecule has 4 heteroatoms. The van der Waals surface area contributed by atoms with Crippen molar-refractivity contribution in [3.63, 3.8) is 0 Å². The summed E-state index contributed by atoms with van der Waals surface area (Å²) >= 11 is 5.68. The lowest BCUT2D eigenvalue weighted by molar-refractivity contribution is 0.476. The van der Waals surface area contributed by atoms with Crippen LogP contribution in [0.4, 0.5) is 0 Å². The highest BCUT2D eigenvalue weighted by Gasteiger charge is 1.96. The number of phenolic OH excluding ortho intramolecular Hbond substituents is 1. The van der Waals surface area contributed by atoms with Gasteiger partial charge < -0.3 is 5.11 Å². The molecule has 0 saturated carbocycles. The first kappa shape index (κ1) is 10.1. The Balaban J connectivity index is 0.000000845. The molecule has 2 rings (SSSR count). The molecule has 0 saturated heterocycles. The van der Waals surface area contributed by atoms with Gasteiger partial charge in [-0.05, 0) is 30.3 Å². The Kier molecular flexibility index (Phi) is 2.96. The van der Waals surface area contributed by atoms with Gasteiger partial charge in [-0.2, -0.15) is 0 Å². The molecule has 13 heavy (non-hydrogen) atoms. The first-order valence-corrected chi connectivity index (χ1v) is 3.89. The van der Waals surface area contributed by atoms with Crippen molar-refractivity contribution in [2.45, 2.75) is 0 Å². The molecule has 0 unspecified atom stereocenters.